The fraction of sp³-hybridized carbons (Fsp3) is 0.100. The second kappa shape index (κ2) is 2.61. The van der Waals surface area contributed by atoms with Crippen LogP contribution in [0.4, 0.5) is 0 Å². The van der Waals surface area contributed by atoms with Crippen LogP contribution >= 0.6 is 0 Å². The van der Waals surface area contributed by atoms with Gasteiger partial charge in [-0.05, 0) is 24.6 Å². The van der Waals surface area contributed by atoms with Crippen LogP contribution in [0.5, 0.6) is 0 Å². The first-order valence-electron chi connectivity index (χ1n) is 3.28. The average Bonchev–Trinajstić information content (AvgIpc) is 1.88. The van der Waals surface area contributed by atoms with Crippen molar-refractivity contribution in [2.45, 2.75) is 6.92 Å². The predicted molar refractivity (Wildman–Crippen MR) is 45.6 cm³/mol. The predicted octanol–water partition coefficient (Wildman–Crippen LogP) is 2.84. The molecule has 0 aliphatic rings. The van der Waals surface area contributed by atoms with Crippen molar-refractivity contribution in [3.05, 3.63) is 48.9 Å². The van der Waals surface area contributed by atoms with E-state index in [9.17, 15) is 0 Å². The zero-order valence-corrected chi connectivity index (χ0v) is 6.22. The van der Waals surface area contributed by atoms with Gasteiger partial charge in [-0.2, -0.15) is 0 Å². The summed E-state index contributed by atoms with van der Waals surface area (Å²) >= 11 is 0. The lowest BCUT2D eigenvalue weighted by atomic mass is 10.1. The van der Waals surface area contributed by atoms with Crippen LogP contribution in [0.25, 0.3) is 5.57 Å². The molecule has 0 aromatic heterocycles. The van der Waals surface area contributed by atoms with Gasteiger partial charge >= 0.3 is 0 Å². The monoisotopic (exact) mass is 131 g/mol. The number of allylic oxidation sites excluding steroid dienone is 1. The normalized spacial score (nSPS) is 9.30. The highest BCUT2D eigenvalue weighted by Gasteiger charge is 1.98. The average molecular weight is 131 g/mol. The highest BCUT2D eigenvalue weighted by Crippen LogP contribution is 2.10. The van der Waals surface area contributed by atoms with Crippen molar-refractivity contribution in [3.8, 4) is 0 Å². The molecule has 0 amide bonds. The van der Waals surface area contributed by atoms with Gasteiger partial charge in [-0.3, -0.25) is 0 Å². The SMILES string of the molecule is C=C([CH2+])c1ccc(C)cc1. The quantitative estimate of drug-likeness (QED) is 0.514. The Bertz CT molecular complexity index is 229. The Kier molecular flexibility index (Phi) is 1.81. The van der Waals surface area contributed by atoms with Gasteiger partial charge in [0.1, 0.15) is 5.57 Å². The van der Waals surface area contributed by atoms with E-state index in [4.69, 9.17) is 0 Å². The van der Waals surface area contributed by atoms with E-state index < -0.39 is 0 Å². The molecule has 0 unspecified atom stereocenters. The van der Waals surface area contributed by atoms with Crippen LogP contribution in [0, 0.1) is 13.8 Å². The smallest absolute Gasteiger partial charge is 0.0488 e. The minimum atomic E-state index is 0.875. The molecule has 0 heterocycles. The molecule has 0 fully saturated rings. The first kappa shape index (κ1) is 6.94. The number of benzene rings is 1. The number of aryl methyl sites for hydroxylation is 1. The largest absolute Gasteiger partial charge is 0.126 e. The number of rotatable bonds is 1. The Balaban J connectivity index is 3.00. The fourth-order valence-corrected chi connectivity index (χ4v) is 0.789. The van der Waals surface area contributed by atoms with Crippen LogP contribution in [0.3, 0.4) is 0 Å². The van der Waals surface area contributed by atoms with Crippen molar-refractivity contribution in [2.75, 3.05) is 0 Å². The molecular formula is C10H11+. The number of hydrogen-bond donors (Lipinski definition) is 0. The molecule has 0 nitrogen and oxygen atoms in total. The molecule has 0 N–H and O–H groups in total. The molecule has 0 atom stereocenters. The van der Waals surface area contributed by atoms with Gasteiger partial charge in [0, 0.05) is 25.6 Å². The summed E-state index contributed by atoms with van der Waals surface area (Å²) in [4.78, 5) is 0. The summed E-state index contributed by atoms with van der Waals surface area (Å²) in [6, 6.07) is 8.19. The summed E-state index contributed by atoms with van der Waals surface area (Å²) in [5, 5.41) is 0. The van der Waals surface area contributed by atoms with E-state index in [-0.39, 0.29) is 0 Å². The molecule has 1 aromatic rings. The van der Waals surface area contributed by atoms with Crippen LogP contribution in [0.2, 0.25) is 0 Å². The Morgan fingerprint density at radius 3 is 2.20 bits per heavy atom. The van der Waals surface area contributed by atoms with E-state index in [1.807, 2.05) is 12.1 Å². The lowest BCUT2D eigenvalue weighted by Crippen LogP contribution is -1.77. The Labute approximate surface area is 62.2 Å². The van der Waals surface area contributed by atoms with Gasteiger partial charge in [-0.1, -0.05) is 0 Å². The molecule has 10 heavy (non-hydrogen) atoms. The van der Waals surface area contributed by atoms with Crippen molar-refractivity contribution in [1.29, 1.82) is 0 Å². The van der Waals surface area contributed by atoms with Crippen molar-refractivity contribution < 1.29 is 0 Å². The Morgan fingerprint density at radius 1 is 1.30 bits per heavy atom. The molecule has 50 valence electrons. The topological polar surface area (TPSA) is 0 Å². The molecule has 1 aromatic carbocycles. The van der Waals surface area contributed by atoms with Crippen molar-refractivity contribution in [3.63, 3.8) is 0 Å². The van der Waals surface area contributed by atoms with Gasteiger partial charge in [-0.15, -0.1) is 0 Å². The summed E-state index contributed by atoms with van der Waals surface area (Å²) in [5.41, 5.74) is 3.26. The van der Waals surface area contributed by atoms with Crippen LogP contribution in [0.1, 0.15) is 11.1 Å². The Morgan fingerprint density at radius 2 is 1.80 bits per heavy atom. The molecule has 0 spiro atoms. The highest BCUT2D eigenvalue weighted by molar-refractivity contribution is 5.66. The van der Waals surface area contributed by atoms with E-state index in [2.05, 4.69) is 32.6 Å². The lowest BCUT2D eigenvalue weighted by molar-refractivity contribution is 1.46. The lowest BCUT2D eigenvalue weighted by Gasteiger charge is -1.90. The molecule has 0 saturated carbocycles. The summed E-state index contributed by atoms with van der Waals surface area (Å²) in [6.07, 6.45) is 0. The van der Waals surface area contributed by atoms with Crippen LogP contribution in [0.15, 0.2) is 30.8 Å². The zero-order valence-electron chi connectivity index (χ0n) is 6.22. The van der Waals surface area contributed by atoms with Gasteiger partial charge in [0.2, 0.25) is 0 Å². The highest BCUT2D eigenvalue weighted by atomic mass is 13.9. The zero-order chi connectivity index (χ0) is 7.56. The molecule has 1 rings (SSSR count). The second-order valence-electron chi connectivity index (χ2n) is 2.47. The molecule has 0 bridgehead atoms. The third-order valence-corrected chi connectivity index (χ3v) is 1.46. The maximum absolute atomic E-state index is 3.74. The van der Waals surface area contributed by atoms with Crippen LogP contribution < -0.4 is 0 Å². The molecular weight excluding hydrogens is 120 g/mol. The van der Waals surface area contributed by atoms with Crippen LogP contribution in [-0.2, 0) is 0 Å². The standard InChI is InChI=1S/C10H11/c1-8(2)10-6-4-9(3)5-7-10/h4-7H,1-2H2,3H3/q+1. The van der Waals surface area contributed by atoms with Crippen molar-refractivity contribution in [2.24, 2.45) is 0 Å². The molecule has 0 aliphatic carbocycles. The summed E-state index contributed by atoms with van der Waals surface area (Å²) in [7, 11) is 0. The fourth-order valence-electron chi connectivity index (χ4n) is 0.789. The minimum absolute atomic E-state index is 0.875. The van der Waals surface area contributed by atoms with E-state index in [1.165, 1.54) is 5.56 Å². The molecule has 0 heteroatoms. The summed E-state index contributed by atoms with van der Waals surface area (Å²) in [6.45, 7) is 9.55. The van der Waals surface area contributed by atoms with E-state index in [0.717, 1.165) is 11.1 Å². The van der Waals surface area contributed by atoms with E-state index in [0.29, 0.717) is 0 Å². The van der Waals surface area contributed by atoms with Gasteiger partial charge in [0.25, 0.3) is 0 Å². The Hall–Kier alpha value is -1.17. The van der Waals surface area contributed by atoms with Gasteiger partial charge < -0.3 is 0 Å². The van der Waals surface area contributed by atoms with Gasteiger partial charge in [0.05, 0.1) is 5.56 Å². The third kappa shape index (κ3) is 1.41. The van der Waals surface area contributed by atoms with Crippen molar-refractivity contribution in [1.82, 2.24) is 0 Å². The molecule has 0 saturated heterocycles. The number of hydrogen-bond acceptors (Lipinski definition) is 0. The maximum atomic E-state index is 3.74. The first-order chi connectivity index (χ1) is 4.70. The summed E-state index contributed by atoms with van der Waals surface area (Å²) < 4.78 is 0. The van der Waals surface area contributed by atoms with E-state index in [1.54, 1.807) is 0 Å². The maximum Gasteiger partial charge on any atom is 0.126 e. The minimum Gasteiger partial charge on any atom is -0.0488 e. The van der Waals surface area contributed by atoms with Gasteiger partial charge in [-0.25, -0.2) is 0 Å². The second-order valence-corrected chi connectivity index (χ2v) is 2.47. The summed E-state index contributed by atoms with van der Waals surface area (Å²) in [5.74, 6) is 0. The van der Waals surface area contributed by atoms with E-state index >= 15 is 0 Å². The third-order valence-electron chi connectivity index (χ3n) is 1.46. The van der Waals surface area contributed by atoms with Gasteiger partial charge in [0.15, 0.2) is 0 Å². The van der Waals surface area contributed by atoms with Crippen LogP contribution in [-0.4, -0.2) is 0 Å². The molecule has 0 aliphatic heterocycles. The first-order valence-corrected chi connectivity index (χ1v) is 3.28. The molecule has 0 radical (unpaired) electrons. The van der Waals surface area contributed by atoms with Crippen molar-refractivity contribution >= 4 is 5.57 Å².